The number of halogens is 1. The Morgan fingerprint density at radius 1 is 1.05 bits per heavy atom. The van der Waals surface area contributed by atoms with Crippen LogP contribution in [-0.2, 0) is 9.53 Å². The lowest BCUT2D eigenvalue weighted by Crippen LogP contribution is -2.48. The van der Waals surface area contributed by atoms with Crippen molar-refractivity contribution in [3.63, 3.8) is 0 Å². The summed E-state index contributed by atoms with van der Waals surface area (Å²) in [7, 11) is 0. The van der Waals surface area contributed by atoms with E-state index >= 15 is 0 Å². The lowest BCUT2D eigenvalue weighted by atomic mass is 9.49. The molecule has 0 aromatic carbocycles. The van der Waals surface area contributed by atoms with Gasteiger partial charge in [0, 0.05) is 5.41 Å². The van der Waals surface area contributed by atoms with Crippen molar-refractivity contribution >= 4 is 5.97 Å². The van der Waals surface area contributed by atoms with Gasteiger partial charge in [0.05, 0.1) is 5.57 Å². The first-order valence-corrected chi connectivity index (χ1v) is 8.32. The van der Waals surface area contributed by atoms with Crippen LogP contribution in [0.4, 0.5) is 4.70 Å². The molecule has 4 bridgehead atoms. The molecule has 4 aliphatic carbocycles. The van der Waals surface area contributed by atoms with Crippen molar-refractivity contribution in [1.29, 1.82) is 0 Å². The maximum absolute atomic E-state index is 11.6. The van der Waals surface area contributed by atoms with Crippen molar-refractivity contribution in [3.05, 3.63) is 11.3 Å². The highest BCUT2D eigenvalue weighted by Gasteiger charge is 2.54. The van der Waals surface area contributed by atoms with Crippen molar-refractivity contribution in [2.24, 2.45) is 23.2 Å². The van der Waals surface area contributed by atoms with Crippen molar-refractivity contribution < 1.29 is 19.3 Å². The van der Waals surface area contributed by atoms with Crippen molar-refractivity contribution in [2.45, 2.75) is 71.8 Å². The summed E-state index contributed by atoms with van der Waals surface area (Å²) < 4.78 is 6.24. The smallest absolute Gasteiger partial charge is 0.334 e. The van der Waals surface area contributed by atoms with Crippen LogP contribution in [0.25, 0.3) is 0 Å². The van der Waals surface area contributed by atoms with Gasteiger partial charge in [-0.2, -0.15) is 0 Å². The number of carboxylic acids is 1. The van der Waals surface area contributed by atoms with Crippen molar-refractivity contribution in [1.82, 2.24) is 0 Å². The molecule has 4 rings (SSSR count). The van der Waals surface area contributed by atoms with Gasteiger partial charge in [0.2, 0.25) is 0 Å². The van der Waals surface area contributed by atoms with Gasteiger partial charge in [-0.1, -0.05) is 0 Å². The van der Waals surface area contributed by atoms with Crippen molar-refractivity contribution in [2.75, 3.05) is 0 Å². The van der Waals surface area contributed by atoms with E-state index in [1.807, 2.05) is 20.8 Å². The third kappa shape index (κ3) is 3.02. The van der Waals surface area contributed by atoms with Gasteiger partial charge in [-0.15, -0.1) is 0 Å². The van der Waals surface area contributed by atoms with Crippen LogP contribution in [0, 0.1) is 23.2 Å². The highest BCUT2D eigenvalue weighted by molar-refractivity contribution is 5.86. The van der Waals surface area contributed by atoms with Crippen LogP contribution >= 0.6 is 0 Å². The van der Waals surface area contributed by atoms with Gasteiger partial charge in [-0.25, -0.2) is 4.79 Å². The Morgan fingerprint density at radius 3 is 1.77 bits per heavy atom. The average Bonchev–Trinajstić information content (AvgIpc) is 2.32. The van der Waals surface area contributed by atoms with Crippen LogP contribution in [0.5, 0.6) is 0 Å². The van der Waals surface area contributed by atoms with Gasteiger partial charge in [0.25, 0.3) is 0 Å². The van der Waals surface area contributed by atoms with E-state index in [1.165, 1.54) is 19.3 Å². The summed E-state index contributed by atoms with van der Waals surface area (Å²) in [4.78, 5) is 11.6. The van der Waals surface area contributed by atoms with Crippen LogP contribution in [0.3, 0.4) is 0 Å². The first kappa shape index (κ1) is 17.3. The zero-order valence-corrected chi connectivity index (χ0v) is 14.1. The highest BCUT2D eigenvalue weighted by atomic mass is 19.0. The van der Waals surface area contributed by atoms with E-state index in [1.54, 1.807) is 6.92 Å². The molecule has 4 heteroatoms. The Bertz CT molecular complexity index is 452. The largest absolute Gasteiger partial charge is 0.491 e. The molecule has 0 aromatic rings. The number of hydrogen-bond acceptors (Lipinski definition) is 2. The second-order valence-corrected chi connectivity index (χ2v) is 8.67. The molecular formula is C18H29FO3. The monoisotopic (exact) mass is 312 g/mol. The number of carbonyl (C=O) groups is 1. The highest BCUT2D eigenvalue weighted by Crippen LogP contribution is 2.63. The quantitative estimate of drug-likeness (QED) is 0.615. The zero-order valence-electron chi connectivity index (χ0n) is 14.1. The first-order valence-electron chi connectivity index (χ1n) is 8.32. The SMILES string of the molecule is CC(C(=O)O)=C(OC(C)(C)C)C12CC3CC(CC(C3)C1)C2.F. The van der Waals surface area contributed by atoms with Gasteiger partial charge in [0.1, 0.15) is 11.4 Å². The Kier molecular flexibility index (Phi) is 4.35. The lowest BCUT2D eigenvalue weighted by molar-refractivity contribution is -0.134. The van der Waals surface area contributed by atoms with E-state index in [0.717, 1.165) is 42.8 Å². The summed E-state index contributed by atoms with van der Waals surface area (Å²) in [6.07, 6.45) is 7.47. The fraction of sp³-hybridized carbons (Fsp3) is 0.833. The second kappa shape index (κ2) is 5.54. The normalized spacial score (nSPS) is 37.4. The van der Waals surface area contributed by atoms with Crippen molar-refractivity contribution in [3.8, 4) is 0 Å². The minimum Gasteiger partial charge on any atom is -0.491 e. The van der Waals surface area contributed by atoms with E-state index in [0.29, 0.717) is 5.57 Å². The molecule has 4 saturated carbocycles. The van der Waals surface area contributed by atoms with Crippen LogP contribution < -0.4 is 0 Å². The zero-order chi connectivity index (χ0) is 15.4. The molecule has 0 aromatic heterocycles. The molecule has 4 fully saturated rings. The molecule has 0 radical (unpaired) electrons. The predicted octanol–water partition coefficient (Wildman–Crippen LogP) is 4.53. The minimum absolute atomic E-state index is 0. The summed E-state index contributed by atoms with van der Waals surface area (Å²) in [5.74, 6) is 2.33. The second-order valence-electron chi connectivity index (χ2n) is 8.67. The topological polar surface area (TPSA) is 46.5 Å². The van der Waals surface area contributed by atoms with E-state index < -0.39 is 5.97 Å². The van der Waals surface area contributed by atoms with Gasteiger partial charge < -0.3 is 9.84 Å². The number of hydrogen-bond donors (Lipinski definition) is 1. The molecule has 0 saturated heterocycles. The molecule has 22 heavy (non-hydrogen) atoms. The van der Waals surface area contributed by atoms with Gasteiger partial charge in [-0.3, -0.25) is 4.70 Å². The number of carboxylic acid groups (broad SMARTS) is 1. The molecule has 0 atom stereocenters. The van der Waals surface area contributed by atoms with E-state index in [9.17, 15) is 9.90 Å². The number of allylic oxidation sites excluding steroid dienone is 1. The van der Waals surface area contributed by atoms with Gasteiger partial charge in [-0.05, 0) is 84.0 Å². The fourth-order valence-corrected chi connectivity index (χ4v) is 5.37. The molecule has 4 aliphatic rings. The molecule has 3 nitrogen and oxygen atoms in total. The molecule has 0 unspecified atom stereocenters. The predicted molar refractivity (Wildman–Crippen MR) is 84.3 cm³/mol. The Morgan fingerprint density at radius 2 is 1.45 bits per heavy atom. The third-order valence-corrected chi connectivity index (χ3v) is 5.59. The van der Waals surface area contributed by atoms with Gasteiger partial charge >= 0.3 is 5.97 Å². The van der Waals surface area contributed by atoms with E-state index in [4.69, 9.17) is 4.74 Å². The minimum atomic E-state index is -0.829. The van der Waals surface area contributed by atoms with Crippen LogP contribution in [-0.4, -0.2) is 16.7 Å². The summed E-state index contributed by atoms with van der Waals surface area (Å²) in [6, 6.07) is 0. The summed E-state index contributed by atoms with van der Waals surface area (Å²) in [5.41, 5.74) is 0.0896. The van der Waals surface area contributed by atoms with Crippen LogP contribution in [0.2, 0.25) is 0 Å². The summed E-state index contributed by atoms with van der Waals surface area (Å²) >= 11 is 0. The fourth-order valence-electron chi connectivity index (χ4n) is 5.37. The Hall–Kier alpha value is -1.06. The lowest BCUT2D eigenvalue weighted by Gasteiger charge is -2.57. The van der Waals surface area contributed by atoms with E-state index in [2.05, 4.69) is 0 Å². The molecule has 126 valence electrons. The average molecular weight is 312 g/mol. The molecule has 0 spiro atoms. The number of ether oxygens (including phenoxy) is 1. The van der Waals surface area contributed by atoms with Crippen LogP contribution in [0.15, 0.2) is 11.3 Å². The van der Waals surface area contributed by atoms with Gasteiger partial charge in [0.15, 0.2) is 0 Å². The Balaban J connectivity index is 0.00000176. The maximum Gasteiger partial charge on any atom is 0.334 e. The standard InChI is InChI=1S/C18H28O3.FH/c1-11(16(19)20)15(21-17(2,3)4)18-8-12-5-13(9-18)7-14(6-12)10-18;/h12-14H,5-10H2,1-4H3,(H,19,20);1H. The summed E-state index contributed by atoms with van der Waals surface area (Å²) in [5, 5.41) is 9.51. The maximum atomic E-state index is 11.6. The molecule has 0 aliphatic heterocycles. The first-order chi connectivity index (χ1) is 9.68. The summed E-state index contributed by atoms with van der Waals surface area (Å²) in [6.45, 7) is 7.77. The molecular weight excluding hydrogens is 283 g/mol. The molecule has 1 N–H and O–H groups in total. The molecule has 0 heterocycles. The Labute approximate surface area is 132 Å². The third-order valence-electron chi connectivity index (χ3n) is 5.59. The van der Waals surface area contributed by atoms with E-state index in [-0.39, 0.29) is 15.7 Å². The number of rotatable bonds is 3. The number of aliphatic carboxylic acids is 1. The molecule has 0 amide bonds. The van der Waals surface area contributed by atoms with Crippen LogP contribution in [0.1, 0.15) is 66.2 Å².